The van der Waals surface area contributed by atoms with Crippen LogP contribution < -0.4 is 10.6 Å². The molecule has 2 heterocycles. The fraction of sp³-hybridized carbons (Fsp3) is 0.294. The number of rotatable bonds is 6. The summed E-state index contributed by atoms with van der Waals surface area (Å²) >= 11 is 1.23. The number of amides is 2. The number of carbonyl (C=O) groups is 2. The molecule has 10 nitrogen and oxygen atoms in total. The van der Waals surface area contributed by atoms with Crippen molar-refractivity contribution in [1.82, 2.24) is 25.1 Å². The van der Waals surface area contributed by atoms with Gasteiger partial charge >= 0.3 is 0 Å². The van der Waals surface area contributed by atoms with E-state index in [0.717, 1.165) is 11.3 Å². The van der Waals surface area contributed by atoms with Gasteiger partial charge in [0, 0.05) is 19.7 Å². The van der Waals surface area contributed by atoms with Crippen LogP contribution in [0.15, 0.2) is 28.0 Å². The first-order chi connectivity index (χ1) is 13.3. The number of thioether (sulfide) groups is 1. The van der Waals surface area contributed by atoms with Crippen molar-refractivity contribution in [2.75, 3.05) is 16.4 Å². The number of anilines is 2. The van der Waals surface area contributed by atoms with Gasteiger partial charge < -0.3 is 15.2 Å². The maximum atomic E-state index is 12.2. The summed E-state index contributed by atoms with van der Waals surface area (Å²) in [4.78, 5) is 23.5. The summed E-state index contributed by atoms with van der Waals surface area (Å²) in [6.07, 6.45) is 0. The Kier molecular flexibility index (Phi) is 5.73. The van der Waals surface area contributed by atoms with Crippen molar-refractivity contribution < 1.29 is 14.2 Å². The van der Waals surface area contributed by atoms with E-state index >= 15 is 0 Å². The molecule has 0 fully saturated rings. The van der Waals surface area contributed by atoms with E-state index in [0.29, 0.717) is 11.0 Å². The minimum Gasteiger partial charge on any atom is -0.325 e. The number of carbonyl (C=O) groups excluding carboxylic acids is 2. The average Bonchev–Trinajstić information content (AvgIpc) is 3.22. The Bertz CT molecular complexity index is 1030. The van der Waals surface area contributed by atoms with Crippen molar-refractivity contribution in [3.05, 3.63) is 29.3 Å². The number of aryl methyl sites for hydroxylation is 2. The number of hydrogen-bond donors (Lipinski definition) is 2. The molecule has 2 amide bonds. The van der Waals surface area contributed by atoms with Gasteiger partial charge in [-0.3, -0.25) is 9.59 Å². The van der Waals surface area contributed by atoms with Gasteiger partial charge in [0.15, 0.2) is 16.7 Å². The highest BCUT2D eigenvalue weighted by Crippen LogP contribution is 2.26. The van der Waals surface area contributed by atoms with E-state index in [1.54, 1.807) is 11.6 Å². The third kappa shape index (κ3) is 4.36. The first-order valence-electron chi connectivity index (χ1n) is 8.35. The molecule has 0 atom stereocenters. The summed E-state index contributed by atoms with van der Waals surface area (Å²) in [7, 11) is 1.73. The molecule has 0 bridgehead atoms. The zero-order valence-corrected chi connectivity index (χ0v) is 16.6. The summed E-state index contributed by atoms with van der Waals surface area (Å²) in [5.41, 5.74) is 3.29. The topological polar surface area (TPSA) is 128 Å². The van der Waals surface area contributed by atoms with E-state index in [1.807, 2.05) is 32.0 Å². The van der Waals surface area contributed by atoms with Crippen LogP contribution in [0.5, 0.6) is 0 Å². The van der Waals surface area contributed by atoms with Crippen molar-refractivity contribution in [1.29, 1.82) is 0 Å². The van der Waals surface area contributed by atoms with Gasteiger partial charge in [-0.05, 0) is 47.4 Å². The lowest BCUT2D eigenvalue weighted by molar-refractivity contribution is -0.114. The molecule has 0 aliphatic carbocycles. The molecule has 146 valence electrons. The second kappa shape index (κ2) is 8.21. The molecule has 0 aliphatic rings. The molecule has 3 rings (SSSR count). The Morgan fingerprint density at radius 3 is 2.64 bits per heavy atom. The van der Waals surface area contributed by atoms with Crippen LogP contribution in [0, 0.1) is 13.8 Å². The van der Waals surface area contributed by atoms with Crippen molar-refractivity contribution in [2.45, 2.75) is 25.9 Å². The van der Waals surface area contributed by atoms with Crippen LogP contribution in [0.2, 0.25) is 0 Å². The van der Waals surface area contributed by atoms with Crippen LogP contribution in [0.3, 0.4) is 0 Å². The van der Waals surface area contributed by atoms with Gasteiger partial charge in [-0.25, -0.2) is 4.63 Å². The maximum Gasteiger partial charge on any atom is 0.234 e. The van der Waals surface area contributed by atoms with Crippen LogP contribution in [0.25, 0.3) is 11.5 Å². The van der Waals surface area contributed by atoms with Gasteiger partial charge in [0.2, 0.25) is 17.6 Å². The summed E-state index contributed by atoms with van der Waals surface area (Å²) in [5.74, 6) is 0.222. The highest BCUT2D eigenvalue weighted by Gasteiger charge is 2.21. The van der Waals surface area contributed by atoms with E-state index in [2.05, 4.69) is 35.8 Å². The predicted molar refractivity (Wildman–Crippen MR) is 104 cm³/mol. The van der Waals surface area contributed by atoms with Crippen LogP contribution in [0.1, 0.15) is 18.1 Å². The third-order valence-corrected chi connectivity index (χ3v) is 4.97. The SMILES string of the molecule is CC(=O)Nc1nonc1-c1nnc(SCC(=O)Nc2ccc(C)c(C)c2)n1C. The fourth-order valence-electron chi connectivity index (χ4n) is 2.38. The van der Waals surface area contributed by atoms with Gasteiger partial charge in [0.05, 0.1) is 5.75 Å². The monoisotopic (exact) mass is 401 g/mol. The van der Waals surface area contributed by atoms with Crippen LogP contribution in [-0.4, -0.2) is 42.6 Å². The molecule has 1 aromatic carbocycles. The lowest BCUT2D eigenvalue weighted by atomic mass is 10.1. The van der Waals surface area contributed by atoms with E-state index in [1.165, 1.54) is 24.2 Å². The molecule has 0 saturated heterocycles. The van der Waals surface area contributed by atoms with Crippen molar-refractivity contribution >= 4 is 35.1 Å². The van der Waals surface area contributed by atoms with Crippen LogP contribution in [0.4, 0.5) is 11.5 Å². The number of aromatic nitrogens is 5. The largest absolute Gasteiger partial charge is 0.325 e. The van der Waals surface area contributed by atoms with Crippen molar-refractivity contribution in [3.8, 4) is 11.5 Å². The minimum absolute atomic E-state index is 0.153. The molecule has 2 N–H and O–H groups in total. The van der Waals surface area contributed by atoms with E-state index in [-0.39, 0.29) is 29.1 Å². The minimum atomic E-state index is -0.309. The predicted octanol–water partition coefficient (Wildman–Crippen LogP) is 2.17. The van der Waals surface area contributed by atoms with Gasteiger partial charge in [-0.2, -0.15) is 0 Å². The highest BCUT2D eigenvalue weighted by molar-refractivity contribution is 7.99. The lowest BCUT2D eigenvalue weighted by Crippen LogP contribution is -2.14. The number of nitrogens with one attached hydrogen (secondary N) is 2. The molecule has 0 unspecified atom stereocenters. The van der Waals surface area contributed by atoms with Crippen LogP contribution >= 0.6 is 11.8 Å². The first kappa shape index (κ1) is 19.5. The number of benzene rings is 1. The summed E-state index contributed by atoms with van der Waals surface area (Å²) in [6, 6.07) is 5.76. The van der Waals surface area contributed by atoms with Gasteiger partial charge in [0.25, 0.3) is 0 Å². The second-order valence-electron chi connectivity index (χ2n) is 6.14. The Labute approximate surface area is 165 Å². The number of nitrogens with zero attached hydrogens (tertiary/aromatic N) is 5. The van der Waals surface area contributed by atoms with E-state index in [4.69, 9.17) is 0 Å². The molecule has 11 heteroatoms. The van der Waals surface area contributed by atoms with Crippen molar-refractivity contribution in [3.63, 3.8) is 0 Å². The average molecular weight is 401 g/mol. The second-order valence-corrected chi connectivity index (χ2v) is 7.09. The molecule has 0 saturated carbocycles. The molecule has 0 spiro atoms. The van der Waals surface area contributed by atoms with Crippen molar-refractivity contribution in [2.24, 2.45) is 7.05 Å². The molecular formula is C17H19N7O3S. The quantitative estimate of drug-likeness (QED) is 0.602. The van der Waals surface area contributed by atoms with Gasteiger partial charge in [-0.1, -0.05) is 17.8 Å². The molecule has 3 aromatic rings. The Morgan fingerprint density at radius 1 is 1.14 bits per heavy atom. The third-order valence-electron chi connectivity index (χ3n) is 3.95. The normalized spacial score (nSPS) is 10.7. The van der Waals surface area contributed by atoms with Gasteiger partial charge in [0.1, 0.15) is 0 Å². The number of hydrogen-bond acceptors (Lipinski definition) is 8. The zero-order chi connectivity index (χ0) is 20.3. The zero-order valence-electron chi connectivity index (χ0n) is 15.8. The Morgan fingerprint density at radius 2 is 1.93 bits per heavy atom. The van der Waals surface area contributed by atoms with Gasteiger partial charge in [-0.15, -0.1) is 10.2 Å². The fourth-order valence-corrected chi connectivity index (χ4v) is 3.09. The van der Waals surface area contributed by atoms with E-state index < -0.39 is 0 Å². The molecule has 0 radical (unpaired) electrons. The first-order valence-corrected chi connectivity index (χ1v) is 9.33. The Hall–Kier alpha value is -3.21. The Balaban J connectivity index is 1.66. The summed E-state index contributed by atoms with van der Waals surface area (Å²) < 4.78 is 6.33. The van der Waals surface area contributed by atoms with Crippen LogP contribution in [-0.2, 0) is 16.6 Å². The lowest BCUT2D eigenvalue weighted by Gasteiger charge is -2.07. The maximum absolute atomic E-state index is 12.2. The summed E-state index contributed by atoms with van der Waals surface area (Å²) in [5, 5.41) is 21.4. The standard InChI is InChI=1S/C17H19N7O3S/c1-9-5-6-12(7-10(9)2)19-13(26)8-28-17-21-20-16(24(17)4)14-15(18-11(3)25)23-27-22-14/h5-7H,8H2,1-4H3,(H,19,26)(H,18,23,25). The highest BCUT2D eigenvalue weighted by atomic mass is 32.2. The summed E-state index contributed by atoms with van der Waals surface area (Å²) in [6.45, 7) is 5.36. The molecule has 2 aromatic heterocycles. The molecule has 0 aliphatic heterocycles. The smallest absolute Gasteiger partial charge is 0.234 e. The molecule has 28 heavy (non-hydrogen) atoms. The molecular weight excluding hydrogens is 382 g/mol. The van der Waals surface area contributed by atoms with E-state index in [9.17, 15) is 9.59 Å².